The molecule has 0 radical (unpaired) electrons. The lowest BCUT2D eigenvalue weighted by Crippen LogP contribution is -2.40. The normalized spacial score (nSPS) is 14.9. The molecular formula is C23H32N4O3. The molecule has 2 N–H and O–H groups in total. The molecule has 0 aliphatic carbocycles. The summed E-state index contributed by atoms with van der Waals surface area (Å²) >= 11 is 0. The van der Waals surface area contributed by atoms with E-state index in [1.165, 1.54) is 13.0 Å². The number of anilines is 1. The van der Waals surface area contributed by atoms with Gasteiger partial charge in [-0.25, -0.2) is 9.78 Å². The topological polar surface area (TPSA) is 75.7 Å². The molecule has 0 saturated carbocycles. The van der Waals surface area contributed by atoms with E-state index in [0.29, 0.717) is 35.5 Å². The highest BCUT2D eigenvalue weighted by Gasteiger charge is 2.19. The van der Waals surface area contributed by atoms with Crippen LogP contribution in [0.25, 0.3) is 0 Å². The molecule has 30 heavy (non-hydrogen) atoms. The Hall–Kier alpha value is -2.80. The van der Waals surface area contributed by atoms with Crippen LogP contribution in [-0.4, -0.2) is 49.2 Å². The third-order valence-electron chi connectivity index (χ3n) is 5.33. The first-order valence-electron chi connectivity index (χ1n) is 10.6. The first-order chi connectivity index (χ1) is 14.6. The molecule has 7 nitrogen and oxygen atoms in total. The van der Waals surface area contributed by atoms with E-state index in [1.807, 2.05) is 25.1 Å². The zero-order valence-corrected chi connectivity index (χ0v) is 18.1. The molecule has 1 fully saturated rings. The number of piperidine rings is 1. The van der Waals surface area contributed by atoms with Gasteiger partial charge in [0.25, 0.3) is 0 Å². The third kappa shape index (κ3) is 6.35. The zero-order valence-electron chi connectivity index (χ0n) is 18.1. The Morgan fingerprint density at radius 1 is 1.20 bits per heavy atom. The number of likely N-dealkylation sites (tertiary alicyclic amines) is 1. The number of nitrogens with one attached hydrogen (secondary N) is 2. The summed E-state index contributed by atoms with van der Waals surface area (Å²) < 4.78 is 11.1. The van der Waals surface area contributed by atoms with Gasteiger partial charge in [0.2, 0.25) is 5.88 Å². The predicted octanol–water partition coefficient (Wildman–Crippen LogP) is 4.43. The lowest BCUT2D eigenvalue weighted by atomic mass is 9.97. The first kappa shape index (κ1) is 21.9. The van der Waals surface area contributed by atoms with Crippen LogP contribution in [0, 0.1) is 12.8 Å². The van der Waals surface area contributed by atoms with E-state index >= 15 is 0 Å². The van der Waals surface area contributed by atoms with E-state index in [2.05, 4.69) is 27.4 Å². The SMILES string of the molecule is CCCN1CCC(CNC(=O)Nc2ccc(Oc3ccc(C)cc3OC)nc2)CC1. The minimum Gasteiger partial charge on any atom is -0.493 e. The summed E-state index contributed by atoms with van der Waals surface area (Å²) in [7, 11) is 1.61. The maximum absolute atomic E-state index is 12.2. The molecule has 2 amide bonds. The number of benzene rings is 1. The van der Waals surface area contributed by atoms with Crippen molar-refractivity contribution in [1.29, 1.82) is 0 Å². The summed E-state index contributed by atoms with van der Waals surface area (Å²) in [4.78, 5) is 19.0. The standard InChI is InChI=1S/C23H32N4O3/c1-4-11-27-12-9-18(10-13-27)15-25-23(28)26-19-6-8-22(24-16-19)30-20-7-5-17(2)14-21(20)29-3/h5-8,14,16,18H,4,9-13,15H2,1-3H3,(H2,25,26,28). The predicted molar refractivity (Wildman–Crippen MR) is 119 cm³/mol. The summed E-state index contributed by atoms with van der Waals surface area (Å²) in [5.41, 5.74) is 1.71. The molecule has 2 heterocycles. The Morgan fingerprint density at radius 3 is 2.67 bits per heavy atom. The third-order valence-corrected chi connectivity index (χ3v) is 5.33. The van der Waals surface area contributed by atoms with Gasteiger partial charge >= 0.3 is 6.03 Å². The molecule has 7 heteroatoms. The van der Waals surface area contributed by atoms with Crippen LogP contribution in [-0.2, 0) is 0 Å². The smallest absolute Gasteiger partial charge is 0.319 e. The van der Waals surface area contributed by atoms with Gasteiger partial charge in [0.05, 0.1) is 19.0 Å². The summed E-state index contributed by atoms with van der Waals surface area (Å²) in [5.74, 6) is 2.22. The fraction of sp³-hybridized carbons (Fsp3) is 0.478. The van der Waals surface area contributed by atoms with Gasteiger partial charge in [-0.1, -0.05) is 13.0 Å². The lowest BCUT2D eigenvalue weighted by molar-refractivity contribution is 0.182. The highest BCUT2D eigenvalue weighted by molar-refractivity contribution is 5.89. The molecule has 1 saturated heterocycles. The number of nitrogens with zero attached hydrogens (tertiary/aromatic N) is 2. The monoisotopic (exact) mass is 412 g/mol. The van der Waals surface area contributed by atoms with E-state index < -0.39 is 0 Å². The largest absolute Gasteiger partial charge is 0.493 e. The Balaban J connectivity index is 1.45. The van der Waals surface area contributed by atoms with Crippen molar-refractivity contribution >= 4 is 11.7 Å². The first-order valence-corrected chi connectivity index (χ1v) is 10.6. The minimum absolute atomic E-state index is 0.207. The summed E-state index contributed by atoms with van der Waals surface area (Å²) in [6.07, 6.45) is 5.05. The lowest BCUT2D eigenvalue weighted by Gasteiger charge is -2.31. The van der Waals surface area contributed by atoms with Gasteiger partial charge < -0.3 is 25.0 Å². The van der Waals surface area contributed by atoms with Crippen LogP contribution in [0.3, 0.4) is 0 Å². The van der Waals surface area contributed by atoms with Crippen LogP contribution in [0.4, 0.5) is 10.5 Å². The van der Waals surface area contributed by atoms with Gasteiger partial charge in [-0.2, -0.15) is 0 Å². The van der Waals surface area contributed by atoms with E-state index in [1.54, 1.807) is 25.4 Å². The van der Waals surface area contributed by atoms with E-state index in [0.717, 1.165) is 31.5 Å². The van der Waals surface area contributed by atoms with Crippen LogP contribution < -0.4 is 20.1 Å². The Bertz CT molecular complexity index is 818. The van der Waals surface area contributed by atoms with Gasteiger partial charge in [-0.05, 0) is 75.5 Å². The molecular weight excluding hydrogens is 380 g/mol. The molecule has 0 spiro atoms. The second-order valence-corrected chi connectivity index (χ2v) is 7.76. The van der Waals surface area contributed by atoms with Crippen LogP contribution in [0.15, 0.2) is 36.5 Å². The van der Waals surface area contributed by atoms with Crippen molar-refractivity contribution in [2.24, 2.45) is 5.92 Å². The summed E-state index contributed by atoms with van der Waals surface area (Å²) in [5, 5.41) is 5.81. The van der Waals surface area contributed by atoms with Gasteiger partial charge in [-0.15, -0.1) is 0 Å². The molecule has 3 rings (SSSR count). The number of methoxy groups -OCH3 is 1. The second-order valence-electron chi connectivity index (χ2n) is 7.76. The second kappa shape index (κ2) is 10.8. The van der Waals surface area contributed by atoms with Crippen molar-refractivity contribution in [3.8, 4) is 17.4 Å². The molecule has 1 aromatic heterocycles. The van der Waals surface area contributed by atoms with Crippen molar-refractivity contribution in [2.45, 2.75) is 33.1 Å². The fourth-order valence-electron chi connectivity index (χ4n) is 3.63. The van der Waals surface area contributed by atoms with Gasteiger partial charge in [0.15, 0.2) is 11.5 Å². The average Bonchev–Trinajstić information content (AvgIpc) is 2.76. The van der Waals surface area contributed by atoms with Crippen molar-refractivity contribution in [2.75, 3.05) is 38.6 Å². The Kier molecular flexibility index (Phi) is 7.90. The highest BCUT2D eigenvalue weighted by Crippen LogP contribution is 2.31. The number of amides is 2. The molecule has 162 valence electrons. The number of hydrogen-bond acceptors (Lipinski definition) is 5. The van der Waals surface area contributed by atoms with E-state index in [9.17, 15) is 4.79 Å². The van der Waals surface area contributed by atoms with Gasteiger partial charge in [0.1, 0.15) is 0 Å². The van der Waals surface area contributed by atoms with E-state index in [4.69, 9.17) is 9.47 Å². The molecule has 1 aliphatic heterocycles. The fourth-order valence-corrected chi connectivity index (χ4v) is 3.63. The molecule has 0 atom stereocenters. The maximum Gasteiger partial charge on any atom is 0.319 e. The number of rotatable bonds is 8. The quantitative estimate of drug-likeness (QED) is 0.671. The molecule has 1 aliphatic rings. The number of pyridine rings is 1. The van der Waals surface area contributed by atoms with Crippen LogP contribution >= 0.6 is 0 Å². The van der Waals surface area contributed by atoms with Crippen LogP contribution in [0.1, 0.15) is 31.7 Å². The molecule has 0 unspecified atom stereocenters. The Labute approximate surface area is 178 Å². The summed E-state index contributed by atoms with van der Waals surface area (Å²) in [6.45, 7) is 8.33. The van der Waals surface area contributed by atoms with Crippen molar-refractivity contribution in [1.82, 2.24) is 15.2 Å². The molecule has 1 aromatic carbocycles. The van der Waals surface area contributed by atoms with Crippen LogP contribution in [0.5, 0.6) is 17.4 Å². The summed E-state index contributed by atoms with van der Waals surface area (Å²) in [6, 6.07) is 8.99. The molecule has 0 bridgehead atoms. The number of ether oxygens (including phenoxy) is 2. The number of urea groups is 1. The van der Waals surface area contributed by atoms with E-state index in [-0.39, 0.29) is 6.03 Å². The number of aryl methyl sites for hydroxylation is 1. The maximum atomic E-state index is 12.2. The number of carbonyl (C=O) groups is 1. The minimum atomic E-state index is -0.207. The number of carbonyl (C=O) groups excluding carboxylic acids is 1. The highest BCUT2D eigenvalue weighted by atomic mass is 16.5. The number of aromatic nitrogens is 1. The van der Waals surface area contributed by atoms with Gasteiger partial charge in [-0.3, -0.25) is 0 Å². The zero-order chi connectivity index (χ0) is 21.3. The van der Waals surface area contributed by atoms with Gasteiger partial charge in [0, 0.05) is 12.6 Å². The average molecular weight is 413 g/mol. The number of hydrogen-bond donors (Lipinski definition) is 2. The van der Waals surface area contributed by atoms with Crippen molar-refractivity contribution < 1.29 is 14.3 Å². The van der Waals surface area contributed by atoms with Crippen molar-refractivity contribution in [3.63, 3.8) is 0 Å². The van der Waals surface area contributed by atoms with Crippen molar-refractivity contribution in [3.05, 3.63) is 42.1 Å². The Morgan fingerprint density at radius 2 is 2.00 bits per heavy atom. The molecule has 2 aromatic rings. The van der Waals surface area contributed by atoms with Crippen LogP contribution in [0.2, 0.25) is 0 Å².